The molecule has 1 aromatic heterocycles. The van der Waals surface area contributed by atoms with Crippen LogP contribution in [-0.2, 0) is 17.3 Å². The number of halogens is 2. The summed E-state index contributed by atoms with van der Waals surface area (Å²) in [7, 11) is 0. The minimum atomic E-state index is -3.56. The third kappa shape index (κ3) is 3.33. The Labute approximate surface area is 125 Å². The summed E-state index contributed by atoms with van der Waals surface area (Å²) < 4.78 is 29.8. The molecule has 0 aliphatic rings. The van der Waals surface area contributed by atoms with Crippen molar-refractivity contribution < 1.29 is 13.6 Å². The largest absolute Gasteiger partial charge is 0.349 e. The van der Waals surface area contributed by atoms with Gasteiger partial charge < -0.3 is 9.88 Å². The molecule has 0 atom stereocenters. The van der Waals surface area contributed by atoms with E-state index in [4.69, 9.17) is 12.2 Å². The van der Waals surface area contributed by atoms with Crippen LogP contribution in [0.25, 0.3) is 0 Å². The summed E-state index contributed by atoms with van der Waals surface area (Å²) in [6.45, 7) is 2.04. The number of benzene rings is 1. The van der Waals surface area contributed by atoms with E-state index in [-0.39, 0.29) is 18.7 Å². The molecule has 0 spiro atoms. The monoisotopic (exact) mass is 312 g/mol. The zero-order valence-electron chi connectivity index (χ0n) is 11.3. The number of H-pyrrole nitrogens is 1. The second kappa shape index (κ2) is 6.13. The first-order chi connectivity index (χ1) is 9.93. The maximum Gasteiger partial charge on any atom is 0.349 e. The van der Waals surface area contributed by atoms with Crippen LogP contribution >= 0.6 is 12.2 Å². The van der Waals surface area contributed by atoms with Gasteiger partial charge in [-0.2, -0.15) is 13.9 Å². The standard InChI is InChI=1S/C13H14F2N4OS/c1-9-17-18-12(21)19(9)8-7-16-11(20)13(14,15)10-5-3-2-4-6-10/h2-6H,7-8H2,1H3,(H,16,20)(H,18,21). The maximum absolute atomic E-state index is 13.9. The van der Waals surface area contributed by atoms with Gasteiger partial charge in [-0.15, -0.1) is 0 Å². The number of carbonyl (C=O) groups excluding carboxylic acids is 1. The summed E-state index contributed by atoms with van der Waals surface area (Å²) >= 11 is 4.99. The Kier molecular flexibility index (Phi) is 4.46. The fourth-order valence-electron chi connectivity index (χ4n) is 1.83. The number of rotatable bonds is 5. The Morgan fingerprint density at radius 3 is 2.67 bits per heavy atom. The highest BCUT2D eigenvalue weighted by Gasteiger charge is 2.40. The number of aromatic amines is 1. The van der Waals surface area contributed by atoms with Crippen LogP contribution in [0, 0.1) is 11.7 Å². The molecule has 0 bridgehead atoms. The molecule has 1 amide bonds. The lowest BCUT2D eigenvalue weighted by molar-refractivity contribution is -0.147. The van der Waals surface area contributed by atoms with Gasteiger partial charge in [0.1, 0.15) is 5.82 Å². The van der Waals surface area contributed by atoms with E-state index in [9.17, 15) is 13.6 Å². The first-order valence-corrected chi connectivity index (χ1v) is 6.67. The summed E-state index contributed by atoms with van der Waals surface area (Å²) in [5.74, 6) is -4.26. The minimum Gasteiger partial charge on any atom is -0.349 e. The zero-order valence-corrected chi connectivity index (χ0v) is 12.1. The molecule has 2 N–H and O–H groups in total. The number of carbonyl (C=O) groups is 1. The van der Waals surface area contributed by atoms with E-state index in [1.54, 1.807) is 17.6 Å². The van der Waals surface area contributed by atoms with Gasteiger partial charge in [0.2, 0.25) is 0 Å². The lowest BCUT2D eigenvalue weighted by Gasteiger charge is -2.16. The molecule has 2 aromatic rings. The predicted molar refractivity (Wildman–Crippen MR) is 75.5 cm³/mol. The average Bonchev–Trinajstić information content (AvgIpc) is 2.79. The maximum atomic E-state index is 13.9. The van der Waals surface area contributed by atoms with Crippen LogP contribution in [0.1, 0.15) is 11.4 Å². The quantitative estimate of drug-likeness (QED) is 0.832. The van der Waals surface area contributed by atoms with Crippen LogP contribution < -0.4 is 5.32 Å². The number of nitrogens with zero attached hydrogens (tertiary/aromatic N) is 2. The van der Waals surface area contributed by atoms with Crippen LogP contribution in [0.2, 0.25) is 0 Å². The molecule has 0 aliphatic heterocycles. The Morgan fingerprint density at radius 1 is 1.43 bits per heavy atom. The fourth-order valence-corrected chi connectivity index (χ4v) is 2.10. The lowest BCUT2D eigenvalue weighted by atomic mass is 10.1. The van der Waals surface area contributed by atoms with E-state index in [0.29, 0.717) is 10.6 Å². The molecule has 0 unspecified atom stereocenters. The molecule has 0 aliphatic carbocycles. The zero-order chi connectivity index (χ0) is 15.5. The topological polar surface area (TPSA) is 62.7 Å². The summed E-state index contributed by atoms with van der Waals surface area (Å²) in [6, 6.07) is 6.97. The normalized spacial score (nSPS) is 11.4. The number of hydrogen-bond acceptors (Lipinski definition) is 3. The first kappa shape index (κ1) is 15.3. The van der Waals surface area contributed by atoms with Crippen molar-refractivity contribution >= 4 is 18.1 Å². The molecular weight excluding hydrogens is 298 g/mol. The average molecular weight is 312 g/mol. The van der Waals surface area contributed by atoms with E-state index >= 15 is 0 Å². The van der Waals surface area contributed by atoms with Crippen molar-refractivity contribution in [1.82, 2.24) is 20.1 Å². The van der Waals surface area contributed by atoms with Gasteiger partial charge in [-0.25, -0.2) is 0 Å². The second-order valence-electron chi connectivity index (χ2n) is 4.42. The summed E-state index contributed by atoms with van der Waals surface area (Å²) in [4.78, 5) is 11.6. The Bertz CT molecular complexity index is 681. The van der Waals surface area contributed by atoms with E-state index < -0.39 is 11.8 Å². The SMILES string of the molecule is Cc1n[nH]c(=S)n1CCNC(=O)C(F)(F)c1ccccc1. The van der Waals surface area contributed by atoms with Crippen molar-refractivity contribution in [2.24, 2.45) is 0 Å². The molecule has 0 radical (unpaired) electrons. The number of amides is 1. The molecule has 8 heteroatoms. The van der Waals surface area contributed by atoms with Gasteiger partial charge in [-0.3, -0.25) is 9.89 Å². The third-order valence-electron chi connectivity index (χ3n) is 2.99. The Morgan fingerprint density at radius 2 is 2.10 bits per heavy atom. The highest BCUT2D eigenvalue weighted by molar-refractivity contribution is 7.71. The number of aromatic nitrogens is 3. The Balaban J connectivity index is 1.97. The molecule has 0 saturated heterocycles. The van der Waals surface area contributed by atoms with E-state index in [1.807, 2.05) is 0 Å². The predicted octanol–water partition coefficient (Wildman–Crippen LogP) is 2.16. The van der Waals surface area contributed by atoms with E-state index in [1.165, 1.54) is 24.3 Å². The van der Waals surface area contributed by atoms with Crippen molar-refractivity contribution in [3.63, 3.8) is 0 Å². The summed E-state index contributed by atoms with van der Waals surface area (Å²) in [6.07, 6.45) is 0. The summed E-state index contributed by atoms with van der Waals surface area (Å²) in [5, 5.41) is 8.70. The third-order valence-corrected chi connectivity index (χ3v) is 3.30. The molecule has 0 fully saturated rings. The van der Waals surface area contributed by atoms with Gasteiger partial charge in [0.25, 0.3) is 5.91 Å². The van der Waals surface area contributed by atoms with Gasteiger partial charge in [0.15, 0.2) is 4.77 Å². The van der Waals surface area contributed by atoms with Crippen molar-refractivity contribution in [2.45, 2.75) is 19.4 Å². The van der Waals surface area contributed by atoms with Crippen LogP contribution in [-0.4, -0.2) is 27.2 Å². The number of aryl methyl sites for hydroxylation is 1. The number of nitrogens with one attached hydrogen (secondary N) is 2. The number of alkyl halides is 2. The van der Waals surface area contributed by atoms with Gasteiger partial charge in [0.05, 0.1) is 0 Å². The van der Waals surface area contributed by atoms with Gasteiger partial charge >= 0.3 is 5.92 Å². The molecular formula is C13H14F2N4OS. The molecule has 1 aromatic carbocycles. The molecule has 1 heterocycles. The molecule has 2 rings (SSSR count). The molecule has 0 saturated carbocycles. The highest BCUT2D eigenvalue weighted by atomic mass is 32.1. The highest BCUT2D eigenvalue weighted by Crippen LogP contribution is 2.27. The van der Waals surface area contributed by atoms with Gasteiger partial charge in [-0.1, -0.05) is 30.3 Å². The lowest BCUT2D eigenvalue weighted by Crippen LogP contribution is -2.39. The fraction of sp³-hybridized carbons (Fsp3) is 0.308. The van der Waals surface area contributed by atoms with Crippen molar-refractivity contribution in [1.29, 1.82) is 0 Å². The first-order valence-electron chi connectivity index (χ1n) is 6.26. The van der Waals surface area contributed by atoms with E-state index in [0.717, 1.165) is 0 Å². The second-order valence-corrected chi connectivity index (χ2v) is 4.81. The van der Waals surface area contributed by atoms with Crippen LogP contribution in [0.15, 0.2) is 30.3 Å². The van der Waals surface area contributed by atoms with Crippen molar-refractivity contribution in [2.75, 3.05) is 6.54 Å². The van der Waals surface area contributed by atoms with Crippen molar-refractivity contribution in [3.8, 4) is 0 Å². The minimum absolute atomic E-state index is 0.0376. The number of hydrogen-bond donors (Lipinski definition) is 2. The molecule has 21 heavy (non-hydrogen) atoms. The van der Waals surface area contributed by atoms with Gasteiger partial charge in [0, 0.05) is 18.7 Å². The van der Waals surface area contributed by atoms with Crippen LogP contribution in [0.5, 0.6) is 0 Å². The molecule has 5 nitrogen and oxygen atoms in total. The molecule has 112 valence electrons. The van der Waals surface area contributed by atoms with E-state index in [2.05, 4.69) is 15.5 Å². The van der Waals surface area contributed by atoms with Gasteiger partial charge in [-0.05, 0) is 19.1 Å². The summed E-state index contributed by atoms with van der Waals surface area (Å²) in [5.41, 5.74) is -0.335. The smallest absolute Gasteiger partial charge is 0.349 e. The van der Waals surface area contributed by atoms with Crippen LogP contribution in [0.3, 0.4) is 0 Å². The van der Waals surface area contributed by atoms with Crippen LogP contribution in [0.4, 0.5) is 8.78 Å². The van der Waals surface area contributed by atoms with Crippen molar-refractivity contribution in [3.05, 3.63) is 46.5 Å². The Hall–Kier alpha value is -2.09.